The predicted octanol–water partition coefficient (Wildman–Crippen LogP) is 2.59. The van der Waals surface area contributed by atoms with E-state index in [1.807, 2.05) is 0 Å². The molecule has 0 saturated carbocycles. The standard InChI is InChI=1S/C10H15N3O2/c1-2-3-4-7-11-10-9(13(14)15)6-5-8-12-10/h5-6,8H,2-4,7H2,1H3,(H,11,12). The second-order valence-electron chi connectivity index (χ2n) is 3.26. The van der Waals surface area contributed by atoms with Crippen molar-refractivity contribution >= 4 is 11.5 Å². The van der Waals surface area contributed by atoms with Gasteiger partial charge in [0.1, 0.15) is 0 Å². The van der Waals surface area contributed by atoms with Crippen molar-refractivity contribution in [1.82, 2.24) is 4.98 Å². The first-order valence-electron chi connectivity index (χ1n) is 5.09. The molecule has 0 aliphatic carbocycles. The maximum atomic E-state index is 10.6. The van der Waals surface area contributed by atoms with E-state index in [0.717, 1.165) is 25.8 Å². The van der Waals surface area contributed by atoms with Crippen LogP contribution in [0.5, 0.6) is 0 Å². The van der Waals surface area contributed by atoms with Gasteiger partial charge in [-0.25, -0.2) is 4.98 Å². The van der Waals surface area contributed by atoms with Gasteiger partial charge in [0.2, 0.25) is 5.82 Å². The number of anilines is 1. The maximum absolute atomic E-state index is 10.6. The molecule has 0 aliphatic rings. The second-order valence-corrected chi connectivity index (χ2v) is 3.26. The fourth-order valence-corrected chi connectivity index (χ4v) is 1.26. The lowest BCUT2D eigenvalue weighted by molar-refractivity contribution is -0.384. The predicted molar refractivity (Wildman–Crippen MR) is 58.9 cm³/mol. The van der Waals surface area contributed by atoms with E-state index in [-0.39, 0.29) is 5.69 Å². The fourth-order valence-electron chi connectivity index (χ4n) is 1.26. The van der Waals surface area contributed by atoms with Gasteiger partial charge >= 0.3 is 5.69 Å². The molecule has 15 heavy (non-hydrogen) atoms. The number of pyridine rings is 1. The van der Waals surface area contributed by atoms with Crippen molar-refractivity contribution < 1.29 is 4.92 Å². The SMILES string of the molecule is CCCCCNc1ncccc1[N+](=O)[O-]. The topological polar surface area (TPSA) is 68.1 Å². The van der Waals surface area contributed by atoms with Crippen molar-refractivity contribution in [3.8, 4) is 0 Å². The summed E-state index contributed by atoms with van der Waals surface area (Å²) in [5, 5.41) is 13.6. The van der Waals surface area contributed by atoms with Crippen LogP contribution in [-0.2, 0) is 0 Å². The van der Waals surface area contributed by atoms with E-state index in [9.17, 15) is 10.1 Å². The molecule has 1 N–H and O–H groups in total. The number of nitro groups is 1. The number of rotatable bonds is 6. The number of nitrogens with one attached hydrogen (secondary N) is 1. The lowest BCUT2D eigenvalue weighted by Gasteiger charge is -2.04. The molecule has 1 aromatic rings. The molecule has 0 bridgehead atoms. The molecule has 5 heteroatoms. The van der Waals surface area contributed by atoms with Crippen LogP contribution in [0.3, 0.4) is 0 Å². The third-order valence-corrected chi connectivity index (χ3v) is 2.06. The Morgan fingerprint density at radius 2 is 2.33 bits per heavy atom. The molecule has 1 rings (SSSR count). The quantitative estimate of drug-likeness (QED) is 0.444. The minimum Gasteiger partial charge on any atom is -0.364 e. The van der Waals surface area contributed by atoms with Crippen molar-refractivity contribution in [1.29, 1.82) is 0 Å². The Hall–Kier alpha value is -1.65. The van der Waals surface area contributed by atoms with E-state index in [1.54, 1.807) is 12.3 Å². The van der Waals surface area contributed by atoms with Gasteiger partial charge in [-0.05, 0) is 12.5 Å². The van der Waals surface area contributed by atoms with Crippen LogP contribution in [0.15, 0.2) is 18.3 Å². The summed E-state index contributed by atoms with van der Waals surface area (Å²) in [7, 11) is 0. The second kappa shape index (κ2) is 5.95. The van der Waals surface area contributed by atoms with Crippen molar-refractivity contribution in [2.75, 3.05) is 11.9 Å². The van der Waals surface area contributed by atoms with Crippen LogP contribution in [0.2, 0.25) is 0 Å². The number of hydrogen-bond acceptors (Lipinski definition) is 4. The molecule has 82 valence electrons. The Labute approximate surface area is 88.7 Å². The van der Waals surface area contributed by atoms with Crippen LogP contribution in [0.1, 0.15) is 26.2 Å². The average Bonchev–Trinajstić information content (AvgIpc) is 2.25. The number of hydrogen-bond donors (Lipinski definition) is 1. The Morgan fingerprint density at radius 1 is 1.53 bits per heavy atom. The van der Waals surface area contributed by atoms with Gasteiger partial charge < -0.3 is 5.32 Å². The van der Waals surface area contributed by atoms with Gasteiger partial charge in [-0.3, -0.25) is 10.1 Å². The molecule has 0 atom stereocenters. The summed E-state index contributed by atoms with van der Waals surface area (Å²) in [4.78, 5) is 14.2. The molecule has 0 saturated heterocycles. The first kappa shape index (κ1) is 11.4. The van der Waals surface area contributed by atoms with E-state index in [0.29, 0.717) is 5.82 Å². The van der Waals surface area contributed by atoms with Crippen molar-refractivity contribution in [2.45, 2.75) is 26.2 Å². The molecular formula is C10H15N3O2. The van der Waals surface area contributed by atoms with Gasteiger partial charge in [0.05, 0.1) is 4.92 Å². The van der Waals surface area contributed by atoms with Crippen LogP contribution in [0.25, 0.3) is 0 Å². The molecule has 0 spiro atoms. The van der Waals surface area contributed by atoms with Crippen LogP contribution in [-0.4, -0.2) is 16.5 Å². The molecule has 0 amide bonds. The van der Waals surface area contributed by atoms with Gasteiger partial charge in [-0.1, -0.05) is 19.8 Å². The van der Waals surface area contributed by atoms with Gasteiger partial charge in [-0.15, -0.1) is 0 Å². The maximum Gasteiger partial charge on any atom is 0.311 e. The summed E-state index contributed by atoms with van der Waals surface area (Å²) in [6.07, 6.45) is 4.80. The zero-order chi connectivity index (χ0) is 11.1. The van der Waals surface area contributed by atoms with E-state index >= 15 is 0 Å². The van der Waals surface area contributed by atoms with E-state index in [1.165, 1.54) is 6.07 Å². The highest BCUT2D eigenvalue weighted by Crippen LogP contribution is 2.19. The third kappa shape index (κ3) is 3.53. The van der Waals surface area contributed by atoms with Crippen molar-refractivity contribution in [2.24, 2.45) is 0 Å². The largest absolute Gasteiger partial charge is 0.364 e. The third-order valence-electron chi connectivity index (χ3n) is 2.06. The number of unbranched alkanes of at least 4 members (excludes halogenated alkanes) is 2. The summed E-state index contributed by atoms with van der Waals surface area (Å²) in [6.45, 7) is 2.84. The van der Waals surface area contributed by atoms with Crippen molar-refractivity contribution in [3.63, 3.8) is 0 Å². The molecule has 0 fully saturated rings. The first-order valence-corrected chi connectivity index (χ1v) is 5.09. The minimum absolute atomic E-state index is 0.0361. The summed E-state index contributed by atoms with van der Waals surface area (Å²) >= 11 is 0. The molecule has 1 aromatic heterocycles. The zero-order valence-corrected chi connectivity index (χ0v) is 8.77. The molecular weight excluding hydrogens is 194 g/mol. The Bertz CT molecular complexity index is 328. The zero-order valence-electron chi connectivity index (χ0n) is 8.77. The van der Waals surface area contributed by atoms with Crippen LogP contribution in [0, 0.1) is 10.1 Å². The first-order chi connectivity index (χ1) is 7.25. The molecule has 0 aliphatic heterocycles. The van der Waals surface area contributed by atoms with Crippen LogP contribution >= 0.6 is 0 Å². The van der Waals surface area contributed by atoms with E-state index in [4.69, 9.17) is 0 Å². The number of nitrogens with zero attached hydrogens (tertiary/aromatic N) is 2. The van der Waals surface area contributed by atoms with Gasteiger partial charge in [-0.2, -0.15) is 0 Å². The summed E-state index contributed by atoms with van der Waals surface area (Å²) < 4.78 is 0. The highest BCUT2D eigenvalue weighted by atomic mass is 16.6. The highest BCUT2D eigenvalue weighted by molar-refractivity contribution is 5.54. The minimum atomic E-state index is -0.421. The monoisotopic (exact) mass is 209 g/mol. The van der Waals surface area contributed by atoms with Crippen LogP contribution in [0.4, 0.5) is 11.5 Å². The van der Waals surface area contributed by atoms with Crippen LogP contribution < -0.4 is 5.32 Å². The molecule has 0 radical (unpaired) electrons. The van der Waals surface area contributed by atoms with Crippen molar-refractivity contribution in [3.05, 3.63) is 28.4 Å². The van der Waals surface area contributed by atoms with Gasteiger partial charge in [0.25, 0.3) is 0 Å². The highest BCUT2D eigenvalue weighted by Gasteiger charge is 2.12. The van der Waals surface area contributed by atoms with Gasteiger partial charge in [0, 0.05) is 18.8 Å². The molecule has 1 heterocycles. The smallest absolute Gasteiger partial charge is 0.311 e. The average molecular weight is 209 g/mol. The fraction of sp³-hybridized carbons (Fsp3) is 0.500. The van der Waals surface area contributed by atoms with E-state index in [2.05, 4.69) is 17.2 Å². The Balaban J connectivity index is 2.56. The lowest BCUT2D eigenvalue weighted by atomic mass is 10.2. The Kier molecular flexibility index (Phi) is 4.53. The molecule has 0 unspecified atom stereocenters. The molecule has 5 nitrogen and oxygen atoms in total. The summed E-state index contributed by atoms with van der Waals surface area (Å²) in [5.74, 6) is 0.360. The van der Waals surface area contributed by atoms with Gasteiger partial charge in [0.15, 0.2) is 0 Å². The number of aromatic nitrogens is 1. The normalized spacial score (nSPS) is 9.93. The molecule has 0 aromatic carbocycles. The summed E-state index contributed by atoms with van der Waals surface area (Å²) in [5.41, 5.74) is 0.0361. The van der Waals surface area contributed by atoms with E-state index < -0.39 is 4.92 Å². The summed E-state index contributed by atoms with van der Waals surface area (Å²) in [6, 6.07) is 3.02. The Morgan fingerprint density at radius 3 is 3.00 bits per heavy atom. The lowest BCUT2D eigenvalue weighted by Crippen LogP contribution is -2.05.